The fourth-order valence-corrected chi connectivity index (χ4v) is 2.20. The topological polar surface area (TPSA) is 73.9 Å². The summed E-state index contributed by atoms with van der Waals surface area (Å²) in [5, 5.41) is 2.64. The van der Waals surface area contributed by atoms with Gasteiger partial charge in [0.15, 0.2) is 0 Å². The van der Waals surface area contributed by atoms with Gasteiger partial charge in [0.2, 0.25) is 0 Å². The van der Waals surface area contributed by atoms with Crippen LogP contribution in [0.5, 0.6) is 5.75 Å². The molecule has 6 heteroatoms. The summed E-state index contributed by atoms with van der Waals surface area (Å²) >= 11 is 0. The number of alkyl carbamates (subject to hydrolysis) is 1. The zero-order chi connectivity index (χ0) is 18.8. The van der Waals surface area contributed by atoms with Crippen molar-refractivity contribution >= 4 is 18.1 Å². The molecule has 2 aromatic rings. The number of ether oxygens (including phenoxy) is 3. The second-order valence-corrected chi connectivity index (χ2v) is 5.29. The van der Waals surface area contributed by atoms with Crippen molar-refractivity contribution in [2.75, 3.05) is 20.8 Å². The number of benzene rings is 2. The molecule has 0 aliphatic carbocycles. The van der Waals surface area contributed by atoms with Crippen LogP contribution in [0, 0.1) is 0 Å². The summed E-state index contributed by atoms with van der Waals surface area (Å²) in [5.74, 6) is 0.109. The normalized spacial score (nSPS) is 10.4. The number of amides is 1. The zero-order valence-electron chi connectivity index (χ0n) is 14.7. The van der Waals surface area contributed by atoms with Crippen molar-refractivity contribution in [3.63, 3.8) is 0 Å². The van der Waals surface area contributed by atoms with Gasteiger partial charge >= 0.3 is 12.1 Å². The van der Waals surface area contributed by atoms with Crippen molar-refractivity contribution < 1.29 is 23.8 Å². The SMILES string of the molecule is COC(=O)c1ccc(C=CCNC(=O)OCc2ccccc2)c(OC)c1. The quantitative estimate of drug-likeness (QED) is 0.771. The second-order valence-electron chi connectivity index (χ2n) is 5.29. The minimum Gasteiger partial charge on any atom is -0.496 e. The summed E-state index contributed by atoms with van der Waals surface area (Å²) in [7, 11) is 2.85. The van der Waals surface area contributed by atoms with Gasteiger partial charge in [0.25, 0.3) is 0 Å². The molecule has 6 nitrogen and oxygen atoms in total. The largest absolute Gasteiger partial charge is 0.496 e. The zero-order valence-corrected chi connectivity index (χ0v) is 14.7. The lowest BCUT2D eigenvalue weighted by Crippen LogP contribution is -2.24. The number of carbonyl (C=O) groups is 2. The first-order valence-corrected chi connectivity index (χ1v) is 8.01. The van der Waals surface area contributed by atoms with Gasteiger partial charge < -0.3 is 19.5 Å². The van der Waals surface area contributed by atoms with Gasteiger partial charge in [-0.1, -0.05) is 48.6 Å². The van der Waals surface area contributed by atoms with E-state index in [4.69, 9.17) is 9.47 Å². The maximum Gasteiger partial charge on any atom is 0.407 e. The third kappa shape index (κ3) is 5.66. The van der Waals surface area contributed by atoms with E-state index in [9.17, 15) is 9.59 Å². The number of nitrogens with one attached hydrogen (secondary N) is 1. The van der Waals surface area contributed by atoms with E-state index in [1.807, 2.05) is 30.3 Å². The average molecular weight is 355 g/mol. The van der Waals surface area contributed by atoms with E-state index in [0.717, 1.165) is 11.1 Å². The van der Waals surface area contributed by atoms with Gasteiger partial charge in [-0.05, 0) is 17.7 Å². The Bertz CT molecular complexity index is 771. The second kappa shape index (κ2) is 9.88. The van der Waals surface area contributed by atoms with E-state index in [1.165, 1.54) is 14.2 Å². The molecule has 26 heavy (non-hydrogen) atoms. The van der Waals surface area contributed by atoms with Gasteiger partial charge in [0.05, 0.1) is 19.8 Å². The fourth-order valence-electron chi connectivity index (χ4n) is 2.20. The molecular weight excluding hydrogens is 334 g/mol. The smallest absolute Gasteiger partial charge is 0.407 e. The molecule has 0 saturated heterocycles. The average Bonchev–Trinajstić information content (AvgIpc) is 2.69. The Kier molecular flexibility index (Phi) is 7.24. The van der Waals surface area contributed by atoms with Crippen LogP contribution < -0.4 is 10.1 Å². The van der Waals surface area contributed by atoms with Gasteiger partial charge in [-0.3, -0.25) is 0 Å². The standard InChI is InChI=1S/C20H21NO5/c1-24-18-13-17(19(22)25-2)11-10-16(18)9-6-12-21-20(23)26-14-15-7-4-3-5-8-15/h3-11,13H,12,14H2,1-2H3,(H,21,23). The lowest BCUT2D eigenvalue weighted by Gasteiger charge is -2.07. The Morgan fingerprint density at radius 1 is 1.08 bits per heavy atom. The Balaban J connectivity index is 1.84. The van der Waals surface area contributed by atoms with E-state index < -0.39 is 12.1 Å². The monoisotopic (exact) mass is 355 g/mol. The molecule has 0 aromatic heterocycles. The summed E-state index contributed by atoms with van der Waals surface area (Å²) in [5.41, 5.74) is 2.11. The third-order valence-corrected chi connectivity index (χ3v) is 3.53. The summed E-state index contributed by atoms with van der Waals surface area (Å²) in [6.07, 6.45) is 3.06. The predicted molar refractivity (Wildman–Crippen MR) is 98.0 cm³/mol. The molecule has 0 aliphatic heterocycles. The Morgan fingerprint density at radius 3 is 2.54 bits per heavy atom. The van der Waals surface area contributed by atoms with Crippen molar-refractivity contribution in [3.05, 3.63) is 71.3 Å². The van der Waals surface area contributed by atoms with Crippen LogP contribution in [-0.4, -0.2) is 32.8 Å². The first-order valence-electron chi connectivity index (χ1n) is 8.01. The Morgan fingerprint density at radius 2 is 1.85 bits per heavy atom. The van der Waals surface area contributed by atoms with Gasteiger partial charge in [0, 0.05) is 12.1 Å². The maximum atomic E-state index is 11.7. The highest BCUT2D eigenvalue weighted by Gasteiger charge is 2.09. The molecule has 1 amide bonds. The van der Waals surface area contributed by atoms with Crippen LogP contribution in [-0.2, 0) is 16.1 Å². The van der Waals surface area contributed by atoms with Crippen LogP contribution in [0.3, 0.4) is 0 Å². The fraction of sp³-hybridized carbons (Fsp3) is 0.200. The molecule has 0 bridgehead atoms. The summed E-state index contributed by atoms with van der Waals surface area (Å²) in [6.45, 7) is 0.523. The molecule has 136 valence electrons. The third-order valence-electron chi connectivity index (χ3n) is 3.53. The highest BCUT2D eigenvalue weighted by Crippen LogP contribution is 2.22. The molecule has 0 fully saturated rings. The Labute approximate surface area is 152 Å². The summed E-state index contributed by atoms with van der Waals surface area (Å²) in [4.78, 5) is 23.2. The number of carbonyl (C=O) groups excluding carboxylic acids is 2. The minimum atomic E-state index is -0.494. The number of hydrogen-bond acceptors (Lipinski definition) is 5. The van der Waals surface area contributed by atoms with E-state index >= 15 is 0 Å². The Hall–Kier alpha value is -3.28. The van der Waals surface area contributed by atoms with Crippen LogP contribution in [0.25, 0.3) is 6.08 Å². The summed E-state index contributed by atoms with van der Waals surface area (Å²) in [6, 6.07) is 14.4. The van der Waals surface area contributed by atoms with Crippen molar-refractivity contribution in [1.29, 1.82) is 0 Å². The number of esters is 1. The van der Waals surface area contributed by atoms with Gasteiger partial charge in [0.1, 0.15) is 12.4 Å². The lowest BCUT2D eigenvalue weighted by molar-refractivity contribution is 0.0600. The first-order chi connectivity index (χ1) is 12.6. The van der Waals surface area contributed by atoms with Crippen molar-refractivity contribution in [1.82, 2.24) is 5.32 Å². The number of methoxy groups -OCH3 is 2. The van der Waals surface area contributed by atoms with E-state index in [1.54, 1.807) is 30.4 Å². The molecule has 0 saturated carbocycles. The summed E-state index contributed by atoms with van der Waals surface area (Å²) < 4.78 is 15.1. The van der Waals surface area contributed by atoms with Gasteiger partial charge in [-0.15, -0.1) is 0 Å². The molecule has 0 heterocycles. The van der Waals surface area contributed by atoms with Crippen LogP contribution in [0.2, 0.25) is 0 Å². The van der Waals surface area contributed by atoms with Crippen LogP contribution in [0.15, 0.2) is 54.6 Å². The van der Waals surface area contributed by atoms with Crippen LogP contribution in [0.4, 0.5) is 4.79 Å². The molecule has 0 atom stereocenters. The molecule has 0 spiro atoms. The van der Waals surface area contributed by atoms with Gasteiger partial charge in [-0.2, -0.15) is 0 Å². The van der Waals surface area contributed by atoms with E-state index in [-0.39, 0.29) is 6.61 Å². The van der Waals surface area contributed by atoms with Crippen LogP contribution >= 0.6 is 0 Å². The van der Waals surface area contributed by atoms with Crippen molar-refractivity contribution in [2.45, 2.75) is 6.61 Å². The van der Waals surface area contributed by atoms with Gasteiger partial charge in [-0.25, -0.2) is 9.59 Å². The molecule has 0 unspecified atom stereocenters. The highest BCUT2D eigenvalue weighted by atomic mass is 16.5. The minimum absolute atomic E-state index is 0.221. The van der Waals surface area contributed by atoms with E-state index in [2.05, 4.69) is 10.1 Å². The number of hydrogen-bond donors (Lipinski definition) is 1. The molecule has 0 aliphatic rings. The van der Waals surface area contributed by atoms with Crippen LogP contribution in [0.1, 0.15) is 21.5 Å². The number of rotatable bonds is 7. The van der Waals surface area contributed by atoms with Crippen molar-refractivity contribution in [2.24, 2.45) is 0 Å². The predicted octanol–water partition coefficient (Wildman–Crippen LogP) is 3.42. The van der Waals surface area contributed by atoms with Crippen molar-refractivity contribution in [3.8, 4) is 5.75 Å². The molecule has 1 N–H and O–H groups in total. The molecule has 0 radical (unpaired) electrons. The molecule has 2 aromatic carbocycles. The first kappa shape index (κ1) is 19.1. The van der Waals surface area contributed by atoms with E-state index in [0.29, 0.717) is 17.9 Å². The highest BCUT2D eigenvalue weighted by molar-refractivity contribution is 5.90. The maximum absolute atomic E-state index is 11.7. The lowest BCUT2D eigenvalue weighted by atomic mass is 10.1. The molecular formula is C20H21NO5. The molecule has 2 rings (SSSR count).